The standard InChI is InChI=1S/C22H27N3O4/c1-3-28-21(26)17-13-29-22(23-17)25-12-16(15-6-4-5-7-18(15)27-2)20-19(25)14-8-10-24(20)11-9-14/h4-7,13-14,16,19-20H,3,8-12H2,1-2H3/t16-,19-,20-/m1/s1. The molecule has 0 spiro atoms. The van der Waals surface area contributed by atoms with Crippen molar-refractivity contribution in [1.82, 2.24) is 9.88 Å². The topological polar surface area (TPSA) is 68.0 Å². The van der Waals surface area contributed by atoms with Gasteiger partial charge in [-0.05, 0) is 44.8 Å². The molecule has 1 aromatic carbocycles. The normalized spacial score (nSPS) is 30.3. The molecule has 154 valence electrons. The molecule has 0 unspecified atom stereocenters. The molecule has 6 rings (SSSR count). The summed E-state index contributed by atoms with van der Waals surface area (Å²) in [5, 5.41) is 0. The molecule has 7 heteroatoms. The first-order valence-corrected chi connectivity index (χ1v) is 10.5. The first-order chi connectivity index (χ1) is 14.2. The summed E-state index contributed by atoms with van der Waals surface area (Å²) in [6.45, 7) is 5.19. The van der Waals surface area contributed by atoms with Gasteiger partial charge in [-0.1, -0.05) is 18.2 Å². The van der Waals surface area contributed by atoms with Crippen molar-refractivity contribution >= 4 is 12.0 Å². The van der Waals surface area contributed by atoms with Gasteiger partial charge in [0.1, 0.15) is 12.0 Å². The fraction of sp³-hybridized carbons (Fsp3) is 0.545. The van der Waals surface area contributed by atoms with Crippen molar-refractivity contribution < 1.29 is 18.7 Å². The number of esters is 1. The third-order valence-electron chi connectivity index (χ3n) is 6.76. The zero-order valence-electron chi connectivity index (χ0n) is 16.9. The highest BCUT2D eigenvalue weighted by Crippen LogP contribution is 2.49. The van der Waals surface area contributed by atoms with Crippen LogP contribution >= 0.6 is 0 Å². The Balaban J connectivity index is 1.51. The fourth-order valence-corrected chi connectivity index (χ4v) is 5.58. The Labute approximate surface area is 170 Å². The molecule has 4 aliphatic rings. The summed E-state index contributed by atoms with van der Waals surface area (Å²) >= 11 is 0. The number of hydrogen-bond donors (Lipinski definition) is 0. The Morgan fingerprint density at radius 3 is 2.79 bits per heavy atom. The van der Waals surface area contributed by atoms with E-state index in [1.807, 2.05) is 12.1 Å². The molecular formula is C22H27N3O4. The van der Waals surface area contributed by atoms with Gasteiger partial charge in [0.15, 0.2) is 5.69 Å². The van der Waals surface area contributed by atoms with Crippen LogP contribution in [0.25, 0.3) is 0 Å². The number of carbonyl (C=O) groups is 1. The summed E-state index contributed by atoms with van der Waals surface area (Å²) in [6.07, 6.45) is 3.81. The largest absolute Gasteiger partial charge is 0.496 e. The average Bonchev–Trinajstić information content (AvgIpc) is 3.41. The van der Waals surface area contributed by atoms with Gasteiger partial charge in [0.05, 0.1) is 19.8 Å². The summed E-state index contributed by atoms with van der Waals surface area (Å²) < 4.78 is 16.5. The minimum Gasteiger partial charge on any atom is -0.496 e. The van der Waals surface area contributed by atoms with Crippen LogP contribution in [0, 0.1) is 5.92 Å². The van der Waals surface area contributed by atoms with Crippen LogP contribution < -0.4 is 9.64 Å². The third kappa shape index (κ3) is 2.99. The number of nitrogens with zero attached hydrogens (tertiary/aromatic N) is 3. The number of anilines is 1. The lowest BCUT2D eigenvalue weighted by Crippen LogP contribution is -2.60. The maximum Gasteiger partial charge on any atom is 0.360 e. The first-order valence-electron chi connectivity index (χ1n) is 10.5. The molecule has 4 saturated heterocycles. The average molecular weight is 397 g/mol. The molecule has 0 N–H and O–H groups in total. The van der Waals surface area contributed by atoms with E-state index >= 15 is 0 Å². The molecule has 2 aromatic rings. The molecule has 1 aromatic heterocycles. The molecule has 29 heavy (non-hydrogen) atoms. The van der Waals surface area contributed by atoms with E-state index in [9.17, 15) is 4.79 Å². The predicted octanol–water partition coefficient (Wildman–Crippen LogP) is 2.93. The van der Waals surface area contributed by atoms with Crippen molar-refractivity contribution in [2.75, 3.05) is 38.3 Å². The number of para-hydroxylation sites is 1. The second-order valence-electron chi connectivity index (χ2n) is 8.09. The highest BCUT2D eigenvalue weighted by atomic mass is 16.5. The number of methoxy groups -OCH3 is 1. The monoisotopic (exact) mass is 397 g/mol. The molecule has 2 bridgehead atoms. The summed E-state index contributed by atoms with van der Waals surface area (Å²) in [5.74, 6) is 1.41. The van der Waals surface area contributed by atoms with E-state index in [4.69, 9.17) is 13.9 Å². The second-order valence-corrected chi connectivity index (χ2v) is 8.09. The van der Waals surface area contributed by atoms with Gasteiger partial charge in [-0.15, -0.1) is 0 Å². The number of rotatable bonds is 5. The third-order valence-corrected chi connectivity index (χ3v) is 6.76. The maximum absolute atomic E-state index is 12.1. The van der Waals surface area contributed by atoms with Crippen LogP contribution in [0.1, 0.15) is 41.7 Å². The Morgan fingerprint density at radius 2 is 2.03 bits per heavy atom. The quantitative estimate of drug-likeness (QED) is 0.719. The second kappa shape index (κ2) is 7.37. The Bertz CT molecular complexity index is 890. The van der Waals surface area contributed by atoms with Crippen molar-refractivity contribution in [1.29, 1.82) is 0 Å². The van der Waals surface area contributed by atoms with E-state index in [1.54, 1.807) is 14.0 Å². The molecule has 0 saturated carbocycles. The van der Waals surface area contributed by atoms with Crippen molar-refractivity contribution in [3.63, 3.8) is 0 Å². The Morgan fingerprint density at radius 1 is 1.24 bits per heavy atom. The number of fused-ring (bicyclic) bond motifs is 2. The molecule has 0 amide bonds. The number of piperidine rings is 3. The summed E-state index contributed by atoms with van der Waals surface area (Å²) in [5.41, 5.74) is 1.47. The van der Waals surface area contributed by atoms with Crippen LogP contribution in [0.5, 0.6) is 5.75 Å². The van der Waals surface area contributed by atoms with E-state index in [0.717, 1.165) is 25.4 Å². The van der Waals surface area contributed by atoms with Gasteiger partial charge in [-0.3, -0.25) is 4.90 Å². The number of aromatic nitrogens is 1. The van der Waals surface area contributed by atoms with Crippen molar-refractivity contribution in [2.45, 2.75) is 37.8 Å². The predicted molar refractivity (Wildman–Crippen MR) is 107 cm³/mol. The first kappa shape index (κ1) is 18.5. The molecule has 4 aliphatic heterocycles. The lowest BCUT2D eigenvalue weighted by Gasteiger charge is -2.50. The maximum atomic E-state index is 12.1. The molecule has 7 nitrogen and oxygen atoms in total. The number of hydrogen-bond acceptors (Lipinski definition) is 7. The lowest BCUT2D eigenvalue weighted by molar-refractivity contribution is 0.0344. The molecule has 4 fully saturated rings. The van der Waals surface area contributed by atoms with Gasteiger partial charge in [0.25, 0.3) is 6.01 Å². The number of ether oxygens (including phenoxy) is 2. The van der Waals surface area contributed by atoms with Crippen LogP contribution in [0.15, 0.2) is 34.9 Å². The van der Waals surface area contributed by atoms with Crippen LogP contribution in [-0.4, -0.2) is 61.3 Å². The zero-order chi connectivity index (χ0) is 20.0. The van der Waals surface area contributed by atoms with Crippen LogP contribution in [0.2, 0.25) is 0 Å². The van der Waals surface area contributed by atoms with Gasteiger partial charge in [0.2, 0.25) is 0 Å². The van der Waals surface area contributed by atoms with E-state index in [2.05, 4.69) is 26.9 Å². The molecule has 5 heterocycles. The fourth-order valence-electron chi connectivity index (χ4n) is 5.58. The highest BCUT2D eigenvalue weighted by molar-refractivity contribution is 5.87. The van der Waals surface area contributed by atoms with Crippen LogP contribution in [0.3, 0.4) is 0 Å². The zero-order valence-corrected chi connectivity index (χ0v) is 16.9. The van der Waals surface area contributed by atoms with Gasteiger partial charge >= 0.3 is 5.97 Å². The summed E-state index contributed by atoms with van der Waals surface area (Å²) in [7, 11) is 1.73. The van der Waals surface area contributed by atoms with E-state index in [0.29, 0.717) is 36.5 Å². The van der Waals surface area contributed by atoms with Gasteiger partial charge in [-0.25, -0.2) is 4.79 Å². The minimum absolute atomic E-state index is 0.236. The van der Waals surface area contributed by atoms with Crippen LogP contribution in [-0.2, 0) is 4.74 Å². The Kier molecular flexibility index (Phi) is 4.70. The van der Waals surface area contributed by atoms with Crippen LogP contribution in [0.4, 0.5) is 6.01 Å². The molecule has 0 radical (unpaired) electrons. The van der Waals surface area contributed by atoms with E-state index in [1.165, 1.54) is 24.7 Å². The van der Waals surface area contributed by atoms with E-state index < -0.39 is 5.97 Å². The van der Waals surface area contributed by atoms with Crippen molar-refractivity contribution in [3.8, 4) is 5.75 Å². The summed E-state index contributed by atoms with van der Waals surface area (Å²) in [6, 6.07) is 9.56. The smallest absolute Gasteiger partial charge is 0.360 e. The SMILES string of the molecule is CCOC(=O)c1coc(N2C[C@H](c3ccccc3OC)[C@@H]3[C@H]2C2CCN3CC2)n1. The molecular weight excluding hydrogens is 370 g/mol. The summed E-state index contributed by atoms with van der Waals surface area (Å²) in [4.78, 5) is 21.5. The van der Waals surface area contributed by atoms with Crippen molar-refractivity contribution in [2.24, 2.45) is 5.92 Å². The van der Waals surface area contributed by atoms with Crippen molar-refractivity contribution in [3.05, 3.63) is 41.8 Å². The molecule has 0 aliphatic carbocycles. The van der Waals surface area contributed by atoms with E-state index in [-0.39, 0.29) is 5.69 Å². The number of carbonyl (C=O) groups excluding carboxylic acids is 1. The van der Waals surface area contributed by atoms with Gasteiger partial charge in [-0.2, -0.15) is 4.98 Å². The highest BCUT2D eigenvalue weighted by Gasteiger charge is 2.55. The number of oxazole rings is 1. The Hall–Kier alpha value is -2.54. The lowest BCUT2D eigenvalue weighted by atomic mass is 9.75. The number of benzene rings is 1. The van der Waals surface area contributed by atoms with Gasteiger partial charge in [0, 0.05) is 24.1 Å². The van der Waals surface area contributed by atoms with Gasteiger partial charge < -0.3 is 18.8 Å². The minimum atomic E-state index is -0.437. The molecule has 3 atom stereocenters.